The Labute approximate surface area is 124 Å². The second-order valence-electron chi connectivity index (χ2n) is 4.46. The summed E-state index contributed by atoms with van der Waals surface area (Å²) in [7, 11) is 0. The highest BCUT2D eigenvalue weighted by molar-refractivity contribution is 9.10. The largest absolute Gasteiger partial charge is 0.353 e. The molecule has 2 N–H and O–H groups in total. The van der Waals surface area contributed by atoms with Crippen LogP contribution >= 0.6 is 15.9 Å². The second-order valence-corrected chi connectivity index (χ2v) is 5.38. The maximum absolute atomic E-state index is 13.6. The lowest BCUT2D eigenvalue weighted by Crippen LogP contribution is -2.57. The van der Waals surface area contributed by atoms with E-state index in [9.17, 15) is 14.0 Å². The molecule has 0 saturated carbocycles. The third kappa shape index (κ3) is 3.09. The van der Waals surface area contributed by atoms with Crippen LogP contribution in [0.5, 0.6) is 0 Å². The van der Waals surface area contributed by atoms with Crippen molar-refractivity contribution in [2.45, 2.75) is 19.4 Å². The van der Waals surface area contributed by atoms with Crippen LogP contribution in [-0.4, -0.2) is 36.0 Å². The summed E-state index contributed by atoms with van der Waals surface area (Å²) >= 11 is 3.22. The van der Waals surface area contributed by atoms with Crippen LogP contribution in [-0.2, 0) is 4.79 Å². The van der Waals surface area contributed by atoms with Crippen molar-refractivity contribution in [3.63, 3.8) is 0 Å². The SMILES string of the molecule is CC[C@@H]1C(=O)NCCN1C(=O)Nc1cc(Br)ccc1F. The summed E-state index contributed by atoms with van der Waals surface area (Å²) in [6.07, 6.45) is 0.514. The number of halogens is 2. The smallest absolute Gasteiger partial charge is 0.322 e. The lowest BCUT2D eigenvalue weighted by molar-refractivity contribution is -0.127. The molecule has 0 radical (unpaired) electrons. The number of rotatable bonds is 2. The van der Waals surface area contributed by atoms with Crippen LogP contribution in [0.1, 0.15) is 13.3 Å². The highest BCUT2D eigenvalue weighted by Crippen LogP contribution is 2.21. The van der Waals surface area contributed by atoms with Gasteiger partial charge in [-0.15, -0.1) is 0 Å². The molecule has 1 heterocycles. The van der Waals surface area contributed by atoms with Crippen LogP contribution in [0.15, 0.2) is 22.7 Å². The second kappa shape index (κ2) is 6.21. The normalized spacial score (nSPS) is 18.6. The van der Waals surface area contributed by atoms with Gasteiger partial charge in [0.25, 0.3) is 0 Å². The predicted octanol–water partition coefficient (Wildman–Crippen LogP) is 2.33. The molecule has 0 unspecified atom stereocenters. The molecule has 5 nitrogen and oxygen atoms in total. The van der Waals surface area contributed by atoms with Gasteiger partial charge in [0.2, 0.25) is 5.91 Å². The van der Waals surface area contributed by atoms with E-state index in [0.717, 1.165) is 0 Å². The van der Waals surface area contributed by atoms with Gasteiger partial charge >= 0.3 is 6.03 Å². The van der Waals surface area contributed by atoms with Crippen LogP contribution in [0.4, 0.5) is 14.9 Å². The number of amides is 3. The Morgan fingerprint density at radius 3 is 3.05 bits per heavy atom. The summed E-state index contributed by atoms with van der Waals surface area (Å²) in [4.78, 5) is 25.3. The lowest BCUT2D eigenvalue weighted by atomic mass is 10.1. The van der Waals surface area contributed by atoms with Crippen molar-refractivity contribution in [1.29, 1.82) is 0 Å². The van der Waals surface area contributed by atoms with Crippen molar-refractivity contribution in [2.24, 2.45) is 0 Å². The third-order valence-electron chi connectivity index (χ3n) is 3.15. The zero-order chi connectivity index (χ0) is 14.7. The summed E-state index contributed by atoms with van der Waals surface area (Å²) in [6.45, 7) is 2.64. The van der Waals surface area contributed by atoms with Gasteiger partial charge in [0.1, 0.15) is 11.9 Å². The van der Waals surface area contributed by atoms with Gasteiger partial charge < -0.3 is 15.5 Å². The Balaban J connectivity index is 2.14. The summed E-state index contributed by atoms with van der Waals surface area (Å²) in [6, 6.07) is 3.31. The Hall–Kier alpha value is -1.63. The zero-order valence-electron chi connectivity index (χ0n) is 11.0. The summed E-state index contributed by atoms with van der Waals surface area (Å²) in [5.74, 6) is -0.695. The maximum atomic E-state index is 13.6. The number of nitrogens with zero attached hydrogens (tertiary/aromatic N) is 1. The molecule has 0 bridgehead atoms. The fraction of sp³-hybridized carbons (Fsp3) is 0.385. The molecule has 1 aromatic rings. The number of anilines is 1. The molecule has 2 rings (SSSR count). The first-order chi connectivity index (χ1) is 9.52. The van der Waals surface area contributed by atoms with E-state index in [1.807, 2.05) is 6.92 Å². The molecule has 108 valence electrons. The number of hydrogen-bond acceptors (Lipinski definition) is 2. The van der Waals surface area contributed by atoms with Crippen molar-refractivity contribution >= 4 is 33.6 Å². The van der Waals surface area contributed by atoms with E-state index in [1.165, 1.54) is 17.0 Å². The van der Waals surface area contributed by atoms with Gasteiger partial charge in [0.05, 0.1) is 5.69 Å². The predicted molar refractivity (Wildman–Crippen MR) is 76.9 cm³/mol. The van der Waals surface area contributed by atoms with Crippen LogP contribution in [0.3, 0.4) is 0 Å². The van der Waals surface area contributed by atoms with Gasteiger partial charge in [-0.2, -0.15) is 0 Å². The van der Waals surface area contributed by atoms with Crippen molar-refractivity contribution in [3.05, 3.63) is 28.5 Å². The van der Waals surface area contributed by atoms with Crippen LogP contribution in [0.2, 0.25) is 0 Å². The Bertz CT molecular complexity index is 538. The standard InChI is InChI=1S/C13H15BrFN3O2/c1-2-11-12(19)16-5-6-18(11)13(20)17-10-7-8(14)3-4-9(10)15/h3-4,7,11H,2,5-6H2,1H3,(H,16,19)(H,17,20)/t11-/m1/s1. The quantitative estimate of drug-likeness (QED) is 0.865. The maximum Gasteiger partial charge on any atom is 0.322 e. The minimum absolute atomic E-state index is 0.0882. The molecule has 1 aliphatic heterocycles. The first kappa shape index (κ1) is 14.8. The molecule has 20 heavy (non-hydrogen) atoms. The number of piperazine rings is 1. The molecule has 3 amide bonds. The average molecular weight is 344 g/mol. The molecule has 1 aromatic carbocycles. The third-order valence-corrected chi connectivity index (χ3v) is 3.64. The fourth-order valence-electron chi connectivity index (χ4n) is 2.14. The monoisotopic (exact) mass is 343 g/mol. The number of carbonyl (C=O) groups excluding carboxylic acids is 2. The fourth-order valence-corrected chi connectivity index (χ4v) is 2.50. The van der Waals surface area contributed by atoms with Gasteiger partial charge in [0.15, 0.2) is 0 Å². The molecule has 1 atom stereocenters. The molecule has 0 aromatic heterocycles. The van der Waals surface area contributed by atoms with E-state index in [2.05, 4.69) is 26.6 Å². The molecule has 0 spiro atoms. The zero-order valence-corrected chi connectivity index (χ0v) is 12.5. The van der Waals surface area contributed by atoms with Gasteiger partial charge in [-0.3, -0.25) is 4.79 Å². The van der Waals surface area contributed by atoms with Crippen LogP contribution in [0.25, 0.3) is 0 Å². The number of carbonyl (C=O) groups is 2. The van der Waals surface area contributed by atoms with Gasteiger partial charge in [-0.05, 0) is 24.6 Å². The summed E-state index contributed by atoms with van der Waals surface area (Å²) < 4.78 is 14.3. The minimum atomic E-state index is -0.518. The van der Waals surface area contributed by atoms with Gasteiger partial charge in [-0.1, -0.05) is 22.9 Å². The first-order valence-corrected chi connectivity index (χ1v) is 7.12. The van der Waals surface area contributed by atoms with Crippen molar-refractivity contribution < 1.29 is 14.0 Å². The van der Waals surface area contributed by atoms with Crippen LogP contribution in [0, 0.1) is 5.82 Å². The van der Waals surface area contributed by atoms with Crippen molar-refractivity contribution in [1.82, 2.24) is 10.2 Å². The number of hydrogen-bond donors (Lipinski definition) is 2. The van der Waals surface area contributed by atoms with E-state index in [-0.39, 0.29) is 11.6 Å². The van der Waals surface area contributed by atoms with E-state index < -0.39 is 17.9 Å². The van der Waals surface area contributed by atoms with Crippen molar-refractivity contribution in [2.75, 3.05) is 18.4 Å². The molecule has 1 saturated heterocycles. The number of benzene rings is 1. The van der Waals surface area contributed by atoms with Crippen LogP contribution < -0.4 is 10.6 Å². The highest BCUT2D eigenvalue weighted by Gasteiger charge is 2.31. The molecular formula is C13H15BrFN3O2. The van der Waals surface area contributed by atoms with Crippen molar-refractivity contribution in [3.8, 4) is 0 Å². The molecule has 1 fully saturated rings. The summed E-state index contributed by atoms with van der Waals surface area (Å²) in [5, 5.41) is 5.22. The topological polar surface area (TPSA) is 61.4 Å². The van der Waals surface area contributed by atoms with E-state index in [1.54, 1.807) is 6.07 Å². The number of nitrogens with one attached hydrogen (secondary N) is 2. The van der Waals surface area contributed by atoms with Gasteiger partial charge in [-0.25, -0.2) is 9.18 Å². The minimum Gasteiger partial charge on any atom is -0.353 e. The molecular weight excluding hydrogens is 329 g/mol. The van der Waals surface area contributed by atoms with E-state index in [0.29, 0.717) is 24.0 Å². The lowest BCUT2D eigenvalue weighted by Gasteiger charge is -2.34. The Morgan fingerprint density at radius 2 is 2.35 bits per heavy atom. The van der Waals surface area contributed by atoms with E-state index >= 15 is 0 Å². The molecule has 7 heteroatoms. The molecule has 0 aliphatic carbocycles. The van der Waals surface area contributed by atoms with E-state index in [4.69, 9.17) is 0 Å². The Morgan fingerprint density at radius 1 is 1.60 bits per heavy atom. The summed E-state index contributed by atoms with van der Waals surface area (Å²) in [5.41, 5.74) is 0.0882. The van der Waals surface area contributed by atoms with Gasteiger partial charge in [0, 0.05) is 17.6 Å². The number of urea groups is 1. The average Bonchev–Trinajstić information content (AvgIpc) is 2.42. The Kier molecular flexibility index (Phi) is 4.59. The first-order valence-electron chi connectivity index (χ1n) is 6.33. The highest BCUT2D eigenvalue weighted by atomic mass is 79.9. The molecule has 1 aliphatic rings.